The first-order chi connectivity index (χ1) is 8.55. The fraction of sp³-hybridized carbons (Fsp3) is 0.500. The standard InChI is InChI=1S/C14H18N2O2/c1-14(9-15,16(2)3)7-6-11-4-5-12-13(8-11)18-10-17-12/h4-5,8H,6-7,10H2,1-3H3. The van der Waals surface area contributed by atoms with Crippen molar-refractivity contribution in [3.8, 4) is 17.6 Å². The molecule has 0 fully saturated rings. The molecule has 1 unspecified atom stereocenters. The molecule has 0 bridgehead atoms. The monoisotopic (exact) mass is 246 g/mol. The summed E-state index contributed by atoms with van der Waals surface area (Å²) in [4.78, 5) is 1.96. The number of aryl methyl sites for hydroxylation is 1. The lowest BCUT2D eigenvalue weighted by Crippen LogP contribution is -2.40. The van der Waals surface area contributed by atoms with Crippen LogP contribution in [0, 0.1) is 11.3 Å². The first-order valence-electron chi connectivity index (χ1n) is 6.02. The van der Waals surface area contributed by atoms with Crippen molar-refractivity contribution in [3.63, 3.8) is 0 Å². The number of benzene rings is 1. The quantitative estimate of drug-likeness (QED) is 0.817. The van der Waals surface area contributed by atoms with E-state index in [1.807, 2.05) is 44.1 Å². The second-order valence-electron chi connectivity index (χ2n) is 4.97. The van der Waals surface area contributed by atoms with E-state index in [1.165, 1.54) is 5.56 Å². The molecule has 0 spiro atoms. The van der Waals surface area contributed by atoms with Crippen LogP contribution in [0.2, 0.25) is 0 Å². The lowest BCUT2D eigenvalue weighted by molar-refractivity contribution is 0.174. The summed E-state index contributed by atoms with van der Waals surface area (Å²) < 4.78 is 10.6. The van der Waals surface area contributed by atoms with Gasteiger partial charge in [0.15, 0.2) is 11.5 Å². The summed E-state index contributed by atoms with van der Waals surface area (Å²) in [6, 6.07) is 8.32. The maximum atomic E-state index is 9.25. The summed E-state index contributed by atoms with van der Waals surface area (Å²) in [5, 5.41) is 9.25. The van der Waals surface area contributed by atoms with Crippen LogP contribution < -0.4 is 9.47 Å². The van der Waals surface area contributed by atoms with Gasteiger partial charge in [-0.1, -0.05) is 6.07 Å². The van der Waals surface area contributed by atoms with Crippen LogP contribution in [0.5, 0.6) is 11.5 Å². The molecule has 2 rings (SSSR count). The third-order valence-corrected chi connectivity index (χ3v) is 3.57. The van der Waals surface area contributed by atoms with Gasteiger partial charge in [0.1, 0.15) is 5.54 Å². The van der Waals surface area contributed by atoms with Crippen LogP contribution in [0.15, 0.2) is 18.2 Å². The van der Waals surface area contributed by atoms with E-state index in [-0.39, 0.29) is 0 Å². The molecule has 1 heterocycles. The number of nitrogens with zero attached hydrogens (tertiary/aromatic N) is 2. The number of rotatable bonds is 4. The van der Waals surface area contributed by atoms with E-state index in [9.17, 15) is 5.26 Å². The molecule has 0 saturated carbocycles. The molecule has 0 radical (unpaired) electrons. The summed E-state index contributed by atoms with van der Waals surface area (Å²) in [5.41, 5.74) is 0.735. The van der Waals surface area contributed by atoms with Gasteiger partial charge >= 0.3 is 0 Å². The van der Waals surface area contributed by atoms with Crippen molar-refractivity contribution in [2.24, 2.45) is 0 Å². The molecule has 0 amide bonds. The van der Waals surface area contributed by atoms with Crippen LogP contribution >= 0.6 is 0 Å². The van der Waals surface area contributed by atoms with Crippen molar-refractivity contribution in [2.75, 3.05) is 20.9 Å². The van der Waals surface area contributed by atoms with Crippen molar-refractivity contribution in [1.29, 1.82) is 5.26 Å². The zero-order chi connectivity index (χ0) is 13.2. The van der Waals surface area contributed by atoms with E-state index >= 15 is 0 Å². The highest BCUT2D eigenvalue weighted by Gasteiger charge is 2.26. The maximum absolute atomic E-state index is 9.25. The lowest BCUT2D eigenvalue weighted by Gasteiger charge is -2.29. The molecule has 18 heavy (non-hydrogen) atoms. The second-order valence-corrected chi connectivity index (χ2v) is 4.97. The van der Waals surface area contributed by atoms with Crippen molar-refractivity contribution < 1.29 is 9.47 Å². The Morgan fingerprint density at radius 2 is 2.06 bits per heavy atom. The average Bonchev–Trinajstić information content (AvgIpc) is 2.82. The molecule has 4 heteroatoms. The minimum absolute atomic E-state index is 0.298. The van der Waals surface area contributed by atoms with Crippen molar-refractivity contribution >= 4 is 0 Å². The van der Waals surface area contributed by atoms with E-state index < -0.39 is 5.54 Å². The fourth-order valence-corrected chi connectivity index (χ4v) is 1.86. The summed E-state index contributed by atoms with van der Waals surface area (Å²) in [6.07, 6.45) is 1.63. The average molecular weight is 246 g/mol. The molecule has 0 N–H and O–H groups in total. The highest BCUT2D eigenvalue weighted by molar-refractivity contribution is 5.44. The Morgan fingerprint density at radius 1 is 1.33 bits per heavy atom. The number of fused-ring (bicyclic) bond motifs is 1. The van der Waals surface area contributed by atoms with E-state index in [2.05, 4.69) is 6.07 Å². The smallest absolute Gasteiger partial charge is 0.231 e. The molecule has 0 aliphatic carbocycles. The number of nitriles is 1. The molecule has 1 aromatic rings. The molecule has 1 aromatic carbocycles. The third kappa shape index (κ3) is 2.41. The van der Waals surface area contributed by atoms with Gasteiger partial charge in [-0.3, -0.25) is 4.90 Å². The summed E-state index contributed by atoms with van der Waals surface area (Å²) in [6.45, 7) is 2.26. The SMILES string of the molecule is CN(C)C(C)(C#N)CCc1ccc2c(c1)OCO2. The fourth-order valence-electron chi connectivity index (χ4n) is 1.86. The largest absolute Gasteiger partial charge is 0.454 e. The summed E-state index contributed by atoms with van der Waals surface area (Å²) in [5.74, 6) is 1.60. The van der Waals surface area contributed by atoms with Crippen molar-refractivity contribution in [3.05, 3.63) is 23.8 Å². The molecule has 1 aliphatic rings. The number of hydrogen-bond donors (Lipinski definition) is 0. The Morgan fingerprint density at radius 3 is 2.72 bits per heavy atom. The van der Waals surface area contributed by atoms with Crippen molar-refractivity contribution in [2.45, 2.75) is 25.3 Å². The third-order valence-electron chi connectivity index (χ3n) is 3.57. The molecular weight excluding hydrogens is 228 g/mol. The normalized spacial score (nSPS) is 16.4. The second kappa shape index (κ2) is 4.87. The number of hydrogen-bond acceptors (Lipinski definition) is 4. The van der Waals surface area contributed by atoms with Gasteiger partial charge in [0.05, 0.1) is 6.07 Å². The van der Waals surface area contributed by atoms with Crippen LogP contribution in [-0.4, -0.2) is 31.3 Å². The Balaban J connectivity index is 2.05. The highest BCUT2D eigenvalue weighted by atomic mass is 16.7. The molecule has 1 aliphatic heterocycles. The minimum atomic E-state index is -0.434. The van der Waals surface area contributed by atoms with E-state index in [1.54, 1.807) is 0 Å². The van der Waals surface area contributed by atoms with E-state index in [0.717, 1.165) is 24.3 Å². The van der Waals surface area contributed by atoms with Gasteiger partial charge in [0.2, 0.25) is 6.79 Å². The molecule has 0 aromatic heterocycles. The van der Waals surface area contributed by atoms with Gasteiger partial charge in [0, 0.05) is 0 Å². The van der Waals surface area contributed by atoms with Crippen molar-refractivity contribution in [1.82, 2.24) is 4.90 Å². The predicted octanol–water partition coefficient (Wildman–Crippen LogP) is 2.19. The van der Waals surface area contributed by atoms with Crippen LogP contribution in [0.4, 0.5) is 0 Å². The van der Waals surface area contributed by atoms with Crippen LogP contribution in [0.25, 0.3) is 0 Å². The van der Waals surface area contributed by atoms with Gasteiger partial charge in [-0.05, 0) is 51.6 Å². The van der Waals surface area contributed by atoms with E-state index in [4.69, 9.17) is 9.47 Å². The van der Waals surface area contributed by atoms with Gasteiger partial charge in [-0.2, -0.15) is 5.26 Å². The van der Waals surface area contributed by atoms with Gasteiger partial charge < -0.3 is 9.47 Å². The zero-order valence-corrected chi connectivity index (χ0v) is 11.1. The van der Waals surface area contributed by atoms with Crippen LogP contribution in [0.3, 0.4) is 0 Å². The summed E-state index contributed by atoms with van der Waals surface area (Å²) >= 11 is 0. The van der Waals surface area contributed by atoms with E-state index in [0.29, 0.717) is 6.79 Å². The Kier molecular flexibility index (Phi) is 3.44. The highest BCUT2D eigenvalue weighted by Crippen LogP contribution is 2.33. The van der Waals surface area contributed by atoms with Gasteiger partial charge in [0.25, 0.3) is 0 Å². The molecule has 1 atom stereocenters. The first-order valence-corrected chi connectivity index (χ1v) is 6.02. The summed E-state index contributed by atoms with van der Waals surface area (Å²) in [7, 11) is 3.87. The van der Waals surface area contributed by atoms with Gasteiger partial charge in [-0.15, -0.1) is 0 Å². The van der Waals surface area contributed by atoms with Crippen LogP contribution in [-0.2, 0) is 6.42 Å². The molecule has 96 valence electrons. The maximum Gasteiger partial charge on any atom is 0.231 e. The predicted molar refractivity (Wildman–Crippen MR) is 68.6 cm³/mol. The Labute approximate surface area is 108 Å². The van der Waals surface area contributed by atoms with Gasteiger partial charge in [-0.25, -0.2) is 0 Å². The Hall–Kier alpha value is -1.73. The number of ether oxygens (including phenoxy) is 2. The molecule has 4 nitrogen and oxygen atoms in total. The lowest BCUT2D eigenvalue weighted by atomic mass is 9.93. The zero-order valence-electron chi connectivity index (χ0n) is 11.1. The molecular formula is C14H18N2O2. The first kappa shape index (κ1) is 12.7. The molecule has 0 saturated heterocycles. The topological polar surface area (TPSA) is 45.5 Å². The van der Waals surface area contributed by atoms with Crippen LogP contribution in [0.1, 0.15) is 18.9 Å². The minimum Gasteiger partial charge on any atom is -0.454 e. The Bertz CT molecular complexity index is 479.